The number of carbonyl (C=O) groups excluding carboxylic acids is 1. The number of benzene rings is 4. The van der Waals surface area contributed by atoms with Crippen LogP contribution in [0.1, 0.15) is 35.2 Å². The number of amides is 1. The molecule has 1 amide bonds. The minimum atomic E-state index is 0.0958. The van der Waals surface area contributed by atoms with Gasteiger partial charge in [0.25, 0.3) is 5.91 Å². The highest BCUT2D eigenvalue weighted by molar-refractivity contribution is 6.07. The lowest BCUT2D eigenvalue weighted by atomic mass is 10.0. The van der Waals surface area contributed by atoms with E-state index in [1.165, 1.54) is 28.1 Å². The molecule has 0 unspecified atom stereocenters. The molecule has 41 heavy (non-hydrogen) atoms. The quantitative estimate of drug-likeness (QED) is 0.244. The summed E-state index contributed by atoms with van der Waals surface area (Å²) in [6, 6.07) is 31.5. The van der Waals surface area contributed by atoms with E-state index in [-0.39, 0.29) is 5.91 Å². The number of hydrogen-bond donors (Lipinski definition) is 1. The predicted molar refractivity (Wildman–Crippen MR) is 171 cm³/mol. The molecule has 6 rings (SSSR count). The molecule has 1 N–H and O–H groups in total. The van der Waals surface area contributed by atoms with Crippen molar-refractivity contribution in [3.05, 3.63) is 138 Å². The second kappa shape index (κ2) is 12.7. The van der Waals surface area contributed by atoms with Gasteiger partial charge in [-0.2, -0.15) is 0 Å². The van der Waals surface area contributed by atoms with Crippen molar-refractivity contribution in [3.8, 4) is 11.1 Å². The molecule has 0 bridgehead atoms. The predicted octanol–water partition coefficient (Wildman–Crippen LogP) is 7.74. The molecule has 2 aliphatic rings. The molecule has 4 aromatic rings. The zero-order valence-electron chi connectivity index (χ0n) is 23.5. The number of hydrogen-bond acceptors (Lipinski definition) is 3. The Hall–Kier alpha value is -4.57. The Kier molecular flexibility index (Phi) is 8.27. The first-order valence-electron chi connectivity index (χ1n) is 14.7. The van der Waals surface area contributed by atoms with E-state index in [0.717, 1.165) is 55.2 Å². The van der Waals surface area contributed by atoms with Gasteiger partial charge in [-0.05, 0) is 71.0 Å². The van der Waals surface area contributed by atoms with E-state index in [0.29, 0.717) is 13.1 Å². The lowest BCUT2D eigenvalue weighted by Gasteiger charge is -2.25. The number of carbonyl (C=O) groups is 1. The normalized spacial score (nSPS) is 17.9. The molecule has 0 radical (unpaired) electrons. The van der Waals surface area contributed by atoms with Crippen LogP contribution in [0.5, 0.6) is 0 Å². The third-order valence-corrected chi connectivity index (χ3v) is 7.99. The molecule has 0 fully saturated rings. The van der Waals surface area contributed by atoms with E-state index < -0.39 is 0 Å². The van der Waals surface area contributed by atoms with E-state index >= 15 is 0 Å². The Bertz CT molecular complexity index is 1600. The Balaban J connectivity index is 1.24. The molecule has 0 spiro atoms. The maximum atomic E-state index is 14.0. The van der Waals surface area contributed by atoms with Crippen LogP contribution in [0.3, 0.4) is 0 Å². The molecule has 4 heteroatoms. The van der Waals surface area contributed by atoms with E-state index in [4.69, 9.17) is 0 Å². The standard InChI is InChI=1S/C37H37N3O/c41-37(35-20-11-16-30-15-9-10-19-34(30)35)40-26-25-39(24-12-23-38-33-17-7-2-1-3-8-18-33)36-22-21-31(27-32(36)28-40)29-13-5-4-6-14-29/h1-2,4-7,9-11,13-22,27,38H,3,8,12,23-26,28H2/b2-1+,17-7-,33-18+. The van der Waals surface area contributed by atoms with Gasteiger partial charge in [0.2, 0.25) is 0 Å². The second-order valence-electron chi connectivity index (χ2n) is 10.8. The number of anilines is 1. The molecule has 1 aliphatic carbocycles. The summed E-state index contributed by atoms with van der Waals surface area (Å²) in [6.07, 6.45) is 14.0. The largest absolute Gasteiger partial charge is 0.385 e. The van der Waals surface area contributed by atoms with E-state index in [1.54, 1.807) is 0 Å². The van der Waals surface area contributed by atoms with Gasteiger partial charge in [0.05, 0.1) is 0 Å². The molecule has 0 atom stereocenters. The Morgan fingerprint density at radius 3 is 2.59 bits per heavy atom. The van der Waals surface area contributed by atoms with E-state index in [1.807, 2.05) is 35.2 Å². The van der Waals surface area contributed by atoms with Crippen LogP contribution in [0.25, 0.3) is 21.9 Å². The van der Waals surface area contributed by atoms with Gasteiger partial charge in [0.15, 0.2) is 0 Å². The molecular weight excluding hydrogens is 502 g/mol. The molecular formula is C37H37N3O. The first-order valence-corrected chi connectivity index (χ1v) is 14.7. The highest BCUT2D eigenvalue weighted by atomic mass is 16.2. The highest BCUT2D eigenvalue weighted by Gasteiger charge is 2.25. The van der Waals surface area contributed by atoms with Crippen LogP contribution in [-0.2, 0) is 6.54 Å². The Labute approximate surface area is 243 Å². The van der Waals surface area contributed by atoms with Gasteiger partial charge in [0, 0.05) is 49.7 Å². The topological polar surface area (TPSA) is 35.6 Å². The third kappa shape index (κ3) is 6.28. The molecule has 0 saturated heterocycles. The van der Waals surface area contributed by atoms with Crippen molar-refractivity contribution >= 4 is 22.4 Å². The van der Waals surface area contributed by atoms with Gasteiger partial charge in [-0.25, -0.2) is 0 Å². The molecule has 206 valence electrons. The summed E-state index contributed by atoms with van der Waals surface area (Å²) in [5.41, 5.74) is 6.78. The fourth-order valence-corrected chi connectivity index (χ4v) is 5.84. The van der Waals surface area contributed by atoms with E-state index in [2.05, 4.69) is 101 Å². The SMILES string of the molecule is O=C(c1cccc2ccccc12)N1CCN(CCCNC2=C/CC/C=C/C=C\2)c2ccc(-c3ccccc3)cc2C1. The van der Waals surface area contributed by atoms with Crippen molar-refractivity contribution in [2.45, 2.75) is 25.8 Å². The fraction of sp³-hybridized carbons (Fsp3) is 0.216. The van der Waals surface area contributed by atoms with Crippen LogP contribution >= 0.6 is 0 Å². The average molecular weight is 540 g/mol. The molecule has 0 aromatic heterocycles. The van der Waals surface area contributed by atoms with Crippen LogP contribution in [-0.4, -0.2) is 37.0 Å². The van der Waals surface area contributed by atoms with Crippen LogP contribution in [0.4, 0.5) is 5.69 Å². The summed E-state index contributed by atoms with van der Waals surface area (Å²) in [6.45, 7) is 3.93. The molecule has 0 saturated carbocycles. The lowest BCUT2D eigenvalue weighted by molar-refractivity contribution is 0.0753. The highest BCUT2D eigenvalue weighted by Crippen LogP contribution is 2.32. The molecule has 4 aromatic carbocycles. The summed E-state index contributed by atoms with van der Waals surface area (Å²) in [4.78, 5) is 18.5. The summed E-state index contributed by atoms with van der Waals surface area (Å²) in [5, 5.41) is 5.72. The summed E-state index contributed by atoms with van der Waals surface area (Å²) in [7, 11) is 0. The van der Waals surface area contributed by atoms with E-state index in [9.17, 15) is 4.79 Å². The number of nitrogens with one attached hydrogen (secondary N) is 1. The maximum Gasteiger partial charge on any atom is 0.254 e. The minimum Gasteiger partial charge on any atom is -0.385 e. The zero-order valence-corrected chi connectivity index (χ0v) is 23.5. The number of allylic oxidation sites excluding steroid dienone is 5. The van der Waals surface area contributed by atoms with Crippen molar-refractivity contribution in [1.29, 1.82) is 0 Å². The third-order valence-electron chi connectivity index (χ3n) is 7.99. The fourth-order valence-electron chi connectivity index (χ4n) is 5.84. The number of rotatable bonds is 7. The van der Waals surface area contributed by atoms with Gasteiger partial charge in [-0.3, -0.25) is 4.79 Å². The first kappa shape index (κ1) is 26.6. The maximum absolute atomic E-state index is 14.0. The van der Waals surface area contributed by atoms with Crippen molar-refractivity contribution in [3.63, 3.8) is 0 Å². The first-order chi connectivity index (χ1) is 20.3. The zero-order chi connectivity index (χ0) is 27.9. The number of fused-ring (bicyclic) bond motifs is 2. The summed E-state index contributed by atoms with van der Waals surface area (Å²) in [5.74, 6) is 0.0958. The molecule has 1 heterocycles. The van der Waals surface area contributed by atoms with Crippen molar-refractivity contribution in [2.75, 3.05) is 31.1 Å². The monoisotopic (exact) mass is 539 g/mol. The molecule has 4 nitrogen and oxygen atoms in total. The van der Waals surface area contributed by atoms with Gasteiger partial charge < -0.3 is 15.1 Å². The van der Waals surface area contributed by atoms with Gasteiger partial charge in [0.1, 0.15) is 0 Å². The Morgan fingerprint density at radius 2 is 1.66 bits per heavy atom. The smallest absolute Gasteiger partial charge is 0.254 e. The van der Waals surface area contributed by atoms with Gasteiger partial charge in [-0.1, -0.05) is 97.1 Å². The van der Waals surface area contributed by atoms with Gasteiger partial charge >= 0.3 is 0 Å². The lowest BCUT2D eigenvalue weighted by Crippen LogP contribution is -2.36. The Morgan fingerprint density at radius 1 is 0.805 bits per heavy atom. The van der Waals surface area contributed by atoms with Crippen LogP contribution in [0, 0.1) is 0 Å². The van der Waals surface area contributed by atoms with Crippen molar-refractivity contribution in [2.24, 2.45) is 0 Å². The second-order valence-corrected chi connectivity index (χ2v) is 10.8. The van der Waals surface area contributed by atoms with Crippen molar-refractivity contribution in [1.82, 2.24) is 10.2 Å². The molecule has 1 aliphatic heterocycles. The summed E-state index contributed by atoms with van der Waals surface area (Å²) < 4.78 is 0. The van der Waals surface area contributed by atoms with Gasteiger partial charge in [-0.15, -0.1) is 0 Å². The number of nitrogens with zero attached hydrogens (tertiary/aromatic N) is 2. The van der Waals surface area contributed by atoms with Crippen LogP contribution in [0.15, 0.2) is 127 Å². The van der Waals surface area contributed by atoms with Crippen molar-refractivity contribution < 1.29 is 4.79 Å². The van der Waals surface area contributed by atoms with Crippen LogP contribution in [0.2, 0.25) is 0 Å². The minimum absolute atomic E-state index is 0.0958. The van der Waals surface area contributed by atoms with Crippen LogP contribution < -0.4 is 10.2 Å². The summed E-state index contributed by atoms with van der Waals surface area (Å²) >= 11 is 0. The average Bonchev–Trinajstić information content (AvgIpc) is 3.19.